The molecule has 1 fully saturated rings. The molecular formula is C17H24N2O4. The van der Waals surface area contributed by atoms with Crippen molar-refractivity contribution in [3.63, 3.8) is 0 Å². The largest absolute Gasteiger partial charge is 0.493 e. The van der Waals surface area contributed by atoms with Gasteiger partial charge in [0, 0.05) is 6.04 Å². The van der Waals surface area contributed by atoms with Crippen LogP contribution in [0.15, 0.2) is 18.2 Å². The van der Waals surface area contributed by atoms with Crippen LogP contribution in [0.4, 0.5) is 0 Å². The van der Waals surface area contributed by atoms with E-state index in [0.717, 1.165) is 25.7 Å². The Hall–Kier alpha value is -2.24. The third-order valence-electron chi connectivity index (χ3n) is 4.09. The first-order valence-electron chi connectivity index (χ1n) is 7.89. The zero-order valence-electron chi connectivity index (χ0n) is 13.8. The van der Waals surface area contributed by atoms with E-state index >= 15 is 0 Å². The molecule has 2 amide bonds. The van der Waals surface area contributed by atoms with E-state index in [1.165, 1.54) is 14.2 Å². The van der Waals surface area contributed by atoms with Crippen LogP contribution in [0, 0.1) is 0 Å². The van der Waals surface area contributed by atoms with Crippen molar-refractivity contribution in [2.75, 3.05) is 14.2 Å². The standard InChI is InChI=1S/C17H24N2O4/c1-11(16(20)19-12-7-4-5-8-12)18-17(21)13-9-6-10-14(22-2)15(13)23-3/h6,9-12H,4-5,7-8H2,1-3H3,(H,18,21)(H,19,20)/t11-/m0/s1. The zero-order valence-corrected chi connectivity index (χ0v) is 13.8. The average molecular weight is 320 g/mol. The molecule has 0 heterocycles. The molecule has 1 aliphatic rings. The topological polar surface area (TPSA) is 76.7 Å². The van der Waals surface area contributed by atoms with Crippen LogP contribution < -0.4 is 20.1 Å². The highest BCUT2D eigenvalue weighted by molar-refractivity contribution is 6.00. The maximum absolute atomic E-state index is 12.4. The fraction of sp³-hybridized carbons (Fsp3) is 0.529. The molecule has 0 aromatic heterocycles. The van der Waals surface area contributed by atoms with E-state index in [4.69, 9.17) is 9.47 Å². The number of nitrogens with one attached hydrogen (secondary N) is 2. The highest BCUT2D eigenvalue weighted by Crippen LogP contribution is 2.30. The van der Waals surface area contributed by atoms with Gasteiger partial charge in [-0.3, -0.25) is 9.59 Å². The van der Waals surface area contributed by atoms with Gasteiger partial charge in [-0.1, -0.05) is 18.9 Å². The van der Waals surface area contributed by atoms with E-state index in [9.17, 15) is 9.59 Å². The summed E-state index contributed by atoms with van der Waals surface area (Å²) in [5.74, 6) is 0.307. The van der Waals surface area contributed by atoms with Gasteiger partial charge in [-0.05, 0) is 31.9 Å². The minimum Gasteiger partial charge on any atom is -0.493 e. The van der Waals surface area contributed by atoms with Crippen LogP contribution in [-0.2, 0) is 4.79 Å². The summed E-state index contributed by atoms with van der Waals surface area (Å²) < 4.78 is 10.4. The Kier molecular flexibility index (Phi) is 5.84. The smallest absolute Gasteiger partial charge is 0.255 e. The molecule has 2 rings (SSSR count). The number of carbonyl (C=O) groups is 2. The highest BCUT2D eigenvalue weighted by atomic mass is 16.5. The number of methoxy groups -OCH3 is 2. The van der Waals surface area contributed by atoms with Gasteiger partial charge in [0.15, 0.2) is 11.5 Å². The van der Waals surface area contributed by atoms with Crippen molar-refractivity contribution in [2.24, 2.45) is 0 Å². The second-order valence-electron chi connectivity index (χ2n) is 5.73. The van der Waals surface area contributed by atoms with Gasteiger partial charge in [-0.25, -0.2) is 0 Å². The average Bonchev–Trinajstić information content (AvgIpc) is 3.06. The van der Waals surface area contributed by atoms with Gasteiger partial charge in [-0.2, -0.15) is 0 Å². The number of carbonyl (C=O) groups excluding carboxylic acids is 2. The fourth-order valence-corrected chi connectivity index (χ4v) is 2.80. The van der Waals surface area contributed by atoms with E-state index in [2.05, 4.69) is 10.6 Å². The zero-order chi connectivity index (χ0) is 16.8. The quantitative estimate of drug-likeness (QED) is 0.839. The summed E-state index contributed by atoms with van der Waals surface area (Å²) in [4.78, 5) is 24.6. The van der Waals surface area contributed by atoms with Crippen LogP contribution in [0.5, 0.6) is 11.5 Å². The van der Waals surface area contributed by atoms with E-state index in [-0.39, 0.29) is 17.9 Å². The van der Waals surface area contributed by atoms with Crippen molar-refractivity contribution in [3.8, 4) is 11.5 Å². The van der Waals surface area contributed by atoms with Crippen molar-refractivity contribution in [2.45, 2.75) is 44.7 Å². The van der Waals surface area contributed by atoms with E-state index in [1.807, 2.05) is 0 Å². The molecule has 6 nitrogen and oxygen atoms in total. The normalized spacial score (nSPS) is 15.8. The lowest BCUT2D eigenvalue weighted by Gasteiger charge is -2.18. The summed E-state index contributed by atoms with van der Waals surface area (Å²) in [6.45, 7) is 1.68. The molecule has 0 bridgehead atoms. The summed E-state index contributed by atoms with van der Waals surface area (Å²) in [6.07, 6.45) is 4.31. The molecule has 0 spiro atoms. The minimum absolute atomic E-state index is 0.160. The Balaban J connectivity index is 2.01. The molecule has 0 radical (unpaired) electrons. The van der Waals surface area contributed by atoms with Crippen LogP contribution in [0.1, 0.15) is 43.0 Å². The minimum atomic E-state index is -0.612. The number of para-hydroxylation sites is 1. The lowest BCUT2D eigenvalue weighted by Crippen LogP contribution is -2.47. The van der Waals surface area contributed by atoms with Crippen molar-refractivity contribution >= 4 is 11.8 Å². The van der Waals surface area contributed by atoms with Gasteiger partial charge in [0.2, 0.25) is 5.91 Å². The summed E-state index contributed by atoms with van der Waals surface area (Å²) in [5, 5.41) is 5.69. The first-order valence-corrected chi connectivity index (χ1v) is 7.89. The van der Waals surface area contributed by atoms with Gasteiger partial charge >= 0.3 is 0 Å². The molecule has 1 saturated carbocycles. The van der Waals surface area contributed by atoms with Crippen LogP contribution in [0.25, 0.3) is 0 Å². The molecular weight excluding hydrogens is 296 g/mol. The van der Waals surface area contributed by atoms with Crippen LogP contribution >= 0.6 is 0 Å². The summed E-state index contributed by atoms with van der Waals surface area (Å²) in [5.41, 5.74) is 0.340. The summed E-state index contributed by atoms with van der Waals surface area (Å²) in [6, 6.07) is 4.68. The van der Waals surface area contributed by atoms with E-state index < -0.39 is 6.04 Å². The van der Waals surface area contributed by atoms with Crippen LogP contribution in [0.3, 0.4) is 0 Å². The van der Waals surface area contributed by atoms with Crippen molar-refractivity contribution in [1.82, 2.24) is 10.6 Å². The maximum atomic E-state index is 12.4. The molecule has 23 heavy (non-hydrogen) atoms. The molecule has 0 unspecified atom stereocenters. The third-order valence-corrected chi connectivity index (χ3v) is 4.09. The second-order valence-corrected chi connectivity index (χ2v) is 5.73. The number of amides is 2. The summed E-state index contributed by atoms with van der Waals surface area (Å²) in [7, 11) is 2.99. The molecule has 0 aliphatic heterocycles. The highest BCUT2D eigenvalue weighted by Gasteiger charge is 2.23. The van der Waals surface area contributed by atoms with Gasteiger partial charge in [0.1, 0.15) is 6.04 Å². The first-order chi connectivity index (χ1) is 11.1. The molecule has 2 N–H and O–H groups in total. The van der Waals surface area contributed by atoms with Crippen LogP contribution in [-0.4, -0.2) is 38.1 Å². The Morgan fingerprint density at radius 2 is 1.87 bits per heavy atom. The lowest BCUT2D eigenvalue weighted by atomic mass is 10.1. The molecule has 1 atom stereocenters. The van der Waals surface area contributed by atoms with E-state index in [0.29, 0.717) is 17.1 Å². The van der Waals surface area contributed by atoms with Gasteiger partial charge in [-0.15, -0.1) is 0 Å². The number of hydrogen-bond donors (Lipinski definition) is 2. The number of rotatable bonds is 6. The Bertz CT molecular complexity index is 568. The predicted molar refractivity (Wildman–Crippen MR) is 86.9 cm³/mol. The first kappa shape index (κ1) is 17.1. The van der Waals surface area contributed by atoms with Crippen LogP contribution in [0.2, 0.25) is 0 Å². The molecule has 1 aliphatic carbocycles. The molecule has 1 aromatic carbocycles. The monoisotopic (exact) mass is 320 g/mol. The molecule has 0 saturated heterocycles. The SMILES string of the molecule is COc1cccc(C(=O)N[C@@H](C)C(=O)NC2CCCC2)c1OC. The van der Waals surface area contributed by atoms with E-state index in [1.54, 1.807) is 25.1 Å². The number of benzene rings is 1. The number of hydrogen-bond acceptors (Lipinski definition) is 4. The van der Waals surface area contributed by atoms with Crippen molar-refractivity contribution < 1.29 is 19.1 Å². The lowest BCUT2D eigenvalue weighted by molar-refractivity contribution is -0.123. The Labute approximate surface area is 136 Å². The molecule has 1 aromatic rings. The molecule has 6 heteroatoms. The van der Waals surface area contributed by atoms with Gasteiger partial charge in [0.05, 0.1) is 19.8 Å². The van der Waals surface area contributed by atoms with Crippen molar-refractivity contribution in [1.29, 1.82) is 0 Å². The summed E-state index contributed by atoms with van der Waals surface area (Å²) >= 11 is 0. The van der Waals surface area contributed by atoms with Gasteiger partial charge < -0.3 is 20.1 Å². The maximum Gasteiger partial charge on any atom is 0.255 e. The third kappa shape index (κ3) is 4.15. The second kappa shape index (κ2) is 7.85. The Morgan fingerprint density at radius 1 is 1.17 bits per heavy atom. The fourth-order valence-electron chi connectivity index (χ4n) is 2.80. The molecule has 126 valence electrons. The van der Waals surface area contributed by atoms with Crippen molar-refractivity contribution in [3.05, 3.63) is 23.8 Å². The predicted octanol–water partition coefficient (Wildman–Crippen LogP) is 1.88. The van der Waals surface area contributed by atoms with Gasteiger partial charge in [0.25, 0.3) is 5.91 Å². The Morgan fingerprint density at radius 3 is 2.48 bits per heavy atom. The number of ether oxygens (including phenoxy) is 2.